The molecule has 1 aliphatic heterocycles. The van der Waals surface area contributed by atoms with E-state index in [9.17, 15) is 5.11 Å². The summed E-state index contributed by atoms with van der Waals surface area (Å²) < 4.78 is 0. The van der Waals surface area contributed by atoms with Crippen molar-refractivity contribution in [3.8, 4) is 0 Å². The van der Waals surface area contributed by atoms with Crippen molar-refractivity contribution in [2.75, 3.05) is 24.6 Å². The minimum Gasteiger partial charge on any atom is -0.396 e. The molecule has 100 valence electrons. The first-order valence-corrected chi connectivity index (χ1v) is 7.07. The van der Waals surface area contributed by atoms with Crippen LogP contribution in [0.4, 0.5) is 5.82 Å². The maximum absolute atomic E-state index is 9.18. The van der Waals surface area contributed by atoms with Gasteiger partial charge in [-0.25, -0.2) is 4.98 Å². The van der Waals surface area contributed by atoms with Crippen molar-refractivity contribution in [1.29, 1.82) is 0 Å². The van der Waals surface area contributed by atoms with Gasteiger partial charge in [-0.3, -0.25) is 0 Å². The van der Waals surface area contributed by atoms with E-state index in [1.807, 2.05) is 18.2 Å². The van der Waals surface area contributed by atoms with Gasteiger partial charge in [0.25, 0.3) is 0 Å². The van der Waals surface area contributed by atoms with Gasteiger partial charge in [0.05, 0.1) is 0 Å². The van der Waals surface area contributed by atoms with E-state index in [2.05, 4.69) is 22.0 Å². The first-order valence-electron chi connectivity index (χ1n) is 6.69. The van der Waals surface area contributed by atoms with E-state index in [1.165, 1.54) is 0 Å². The first-order chi connectivity index (χ1) is 9.28. The summed E-state index contributed by atoms with van der Waals surface area (Å²) in [5, 5.41) is 11.9. The van der Waals surface area contributed by atoms with Gasteiger partial charge < -0.3 is 10.0 Å². The Kier molecular flexibility index (Phi) is 3.58. The molecule has 0 aliphatic carbocycles. The number of fused-ring (bicyclic) bond motifs is 1. The van der Waals surface area contributed by atoms with Gasteiger partial charge in [0.1, 0.15) is 11.0 Å². The van der Waals surface area contributed by atoms with Crippen LogP contribution in [-0.2, 0) is 0 Å². The smallest absolute Gasteiger partial charge is 0.139 e. The number of aliphatic hydroxyl groups excluding tert-OH is 1. The number of hydrogen-bond acceptors (Lipinski definition) is 3. The van der Waals surface area contributed by atoms with Gasteiger partial charge >= 0.3 is 0 Å². The lowest BCUT2D eigenvalue weighted by Crippen LogP contribution is -2.35. The van der Waals surface area contributed by atoms with E-state index in [4.69, 9.17) is 11.6 Å². The van der Waals surface area contributed by atoms with Gasteiger partial charge in [-0.2, -0.15) is 0 Å². The Morgan fingerprint density at radius 3 is 2.74 bits per heavy atom. The summed E-state index contributed by atoms with van der Waals surface area (Å²) in [5.41, 5.74) is 0. The second kappa shape index (κ2) is 5.35. The number of hydrogen-bond donors (Lipinski definition) is 1. The predicted molar refractivity (Wildman–Crippen MR) is 78.8 cm³/mol. The number of aromatic nitrogens is 1. The molecule has 1 aromatic carbocycles. The molecule has 2 heterocycles. The molecule has 3 rings (SSSR count). The van der Waals surface area contributed by atoms with E-state index in [0.717, 1.165) is 42.5 Å². The summed E-state index contributed by atoms with van der Waals surface area (Å²) in [7, 11) is 0. The van der Waals surface area contributed by atoms with E-state index in [1.54, 1.807) is 0 Å². The second-order valence-corrected chi connectivity index (χ2v) is 5.46. The number of piperidine rings is 1. The lowest BCUT2D eigenvalue weighted by atomic mass is 9.98. The number of benzene rings is 1. The van der Waals surface area contributed by atoms with Crippen LogP contribution in [0, 0.1) is 5.92 Å². The SMILES string of the molecule is OCC1CCN(c2cc3ccccc3c(Cl)n2)CC1. The highest BCUT2D eigenvalue weighted by atomic mass is 35.5. The molecule has 1 aromatic heterocycles. The van der Waals surface area contributed by atoms with Gasteiger partial charge in [0.2, 0.25) is 0 Å². The zero-order chi connectivity index (χ0) is 13.2. The molecule has 1 aliphatic rings. The van der Waals surface area contributed by atoms with Crippen molar-refractivity contribution in [1.82, 2.24) is 4.98 Å². The van der Waals surface area contributed by atoms with Crippen LogP contribution in [0.3, 0.4) is 0 Å². The molecule has 0 amide bonds. The summed E-state index contributed by atoms with van der Waals surface area (Å²) >= 11 is 6.26. The van der Waals surface area contributed by atoms with E-state index in [-0.39, 0.29) is 0 Å². The highest BCUT2D eigenvalue weighted by molar-refractivity contribution is 6.34. The summed E-state index contributed by atoms with van der Waals surface area (Å²) in [6, 6.07) is 10.1. The third-order valence-corrected chi connectivity index (χ3v) is 4.17. The molecular formula is C15H17ClN2O. The van der Waals surface area contributed by atoms with Crippen molar-refractivity contribution in [3.63, 3.8) is 0 Å². The number of pyridine rings is 1. The van der Waals surface area contributed by atoms with Crippen LogP contribution in [0.15, 0.2) is 30.3 Å². The largest absolute Gasteiger partial charge is 0.396 e. The van der Waals surface area contributed by atoms with Crippen LogP contribution in [0.2, 0.25) is 5.15 Å². The molecule has 1 fully saturated rings. The van der Waals surface area contributed by atoms with Gasteiger partial charge in [-0.05, 0) is 30.2 Å². The summed E-state index contributed by atoms with van der Waals surface area (Å²) in [6.45, 7) is 2.17. The van der Waals surface area contributed by atoms with Crippen LogP contribution in [0.25, 0.3) is 10.8 Å². The average molecular weight is 277 g/mol. The third kappa shape index (κ3) is 2.53. The molecule has 1 saturated heterocycles. The highest BCUT2D eigenvalue weighted by Gasteiger charge is 2.20. The Labute approximate surface area is 117 Å². The molecule has 3 nitrogen and oxygen atoms in total. The molecule has 0 radical (unpaired) electrons. The number of anilines is 1. The minimum absolute atomic E-state index is 0.291. The molecule has 0 spiro atoms. The summed E-state index contributed by atoms with van der Waals surface area (Å²) in [6.07, 6.45) is 2.03. The van der Waals surface area contributed by atoms with E-state index >= 15 is 0 Å². The monoisotopic (exact) mass is 276 g/mol. The fourth-order valence-corrected chi connectivity index (χ4v) is 2.91. The van der Waals surface area contributed by atoms with Crippen LogP contribution < -0.4 is 4.90 Å². The Balaban J connectivity index is 1.89. The quantitative estimate of drug-likeness (QED) is 0.857. The van der Waals surface area contributed by atoms with E-state index < -0.39 is 0 Å². The topological polar surface area (TPSA) is 36.4 Å². The molecule has 0 bridgehead atoms. The van der Waals surface area contributed by atoms with Crippen molar-refractivity contribution in [3.05, 3.63) is 35.5 Å². The fourth-order valence-electron chi connectivity index (χ4n) is 2.65. The van der Waals surface area contributed by atoms with Crippen LogP contribution in [0.5, 0.6) is 0 Å². The number of rotatable bonds is 2. The van der Waals surface area contributed by atoms with E-state index in [0.29, 0.717) is 17.7 Å². The van der Waals surface area contributed by atoms with Gasteiger partial charge in [0.15, 0.2) is 0 Å². The molecule has 1 N–H and O–H groups in total. The lowest BCUT2D eigenvalue weighted by molar-refractivity contribution is 0.203. The zero-order valence-corrected chi connectivity index (χ0v) is 11.5. The molecule has 19 heavy (non-hydrogen) atoms. The average Bonchev–Trinajstić information content (AvgIpc) is 2.47. The Morgan fingerprint density at radius 1 is 1.26 bits per heavy atom. The summed E-state index contributed by atoms with van der Waals surface area (Å²) in [5.74, 6) is 1.38. The normalized spacial score (nSPS) is 17.1. The standard InChI is InChI=1S/C15H17ClN2O/c16-15-13-4-2-1-3-12(13)9-14(17-15)18-7-5-11(10-19)6-8-18/h1-4,9,11,19H,5-8,10H2. The van der Waals surface area contributed by atoms with Crippen molar-refractivity contribution < 1.29 is 5.11 Å². The maximum atomic E-state index is 9.18. The molecule has 4 heteroatoms. The van der Waals surface area contributed by atoms with Crippen molar-refractivity contribution in [2.24, 2.45) is 5.92 Å². The van der Waals surface area contributed by atoms with Crippen LogP contribution in [0.1, 0.15) is 12.8 Å². The molecule has 0 unspecified atom stereocenters. The molecule has 0 atom stereocenters. The Hall–Kier alpha value is -1.32. The fraction of sp³-hybridized carbons (Fsp3) is 0.400. The Bertz CT molecular complexity index is 579. The van der Waals surface area contributed by atoms with Gasteiger partial charge in [-0.1, -0.05) is 35.9 Å². The highest BCUT2D eigenvalue weighted by Crippen LogP contribution is 2.28. The Morgan fingerprint density at radius 2 is 2.00 bits per heavy atom. The zero-order valence-electron chi connectivity index (χ0n) is 10.7. The lowest BCUT2D eigenvalue weighted by Gasteiger charge is -2.32. The number of nitrogens with zero attached hydrogens (tertiary/aromatic N) is 2. The molecule has 0 saturated carbocycles. The number of aliphatic hydroxyl groups is 1. The van der Waals surface area contributed by atoms with Crippen molar-refractivity contribution in [2.45, 2.75) is 12.8 Å². The third-order valence-electron chi connectivity index (χ3n) is 3.88. The van der Waals surface area contributed by atoms with Crippen molar-refractivity contribution >= 4 is 28.2 Å². The maximum Gasteiger partial charge on any atom is 0.139 e. The van der Waals surface area contributed by atoms with Crippen LogP contribution >= 0.6 is 11.6 Å². The molecular weight excluding hydrogens is 260 g/mol. The first kappa shape index (κ1) is 12.7. The van der Waals surface area contributed by atoms with Gasteiger partial charge in [0, 0.05) is 25.1 Å². The summed E-state index contributed by atoms with van der Waals surface area (Å²) in [4.78, 5) is 6.76. The minimum atomic E-state index is 0.291. The second-order valence-electron chi connectivity index (χ2n) is 5.11. The van der Waals surface area contributed by atoms with Gasteiger partial charge in [-0.15, -0.1) is 0 Å². The van der Waals surface area contributed by atoms with Crippen LogP contribution in [-0.4, -0.2) is 29.8 Å². The number of halogens is 1. The molecule has 2 aromatic rings. The predicted octanol–water partition coefficient (Wildman–Crippen LogP) is 3.10.